The molecule has 3 rings (SSSR count). The van der Waals surface area contributed by atoms with Crippen molar-refractivity contribution in [2.24, 2.45) is 5.92 Å². The van der Waals surface area contributed by atoms with Crippen LogP contribution in [0.15, 0.2) is 0 Å². The maximum Gasteiger partial charge on any atom is 0.185 e. The van der Waals surface area contributed by atoms with Gasteiger partial charge in [-0.1, -0.05) is 0 Å². The molecular formula is C16H27N3OS. The van der Waals surface area contributed by atoms with Crippen molar-refractivity contribution in [1.82, 2.24) is 10.3 Å². The van der Waals surface area contributed by atoms with E-state index in [-0.39, 0.29) is 0 Å². The fraction of sp³-hybridized carbons (Fsp3) is 0.812. The summed E-state index contributed by atoms with van der Waals surface area (Å²) in [4.78, 5) is 8.80. The van der Waals surface area contributed by atoms with Gasteiger partial charge in [-0.15, -0.1) is 11.3 Å². The minimum absolute atomic E-state index is 0.623. The van der Waals surface area contributed by atoms with Gasteiger partial charge in [-0.2, -0.15) is 0 Å². The Morgan fingerprint density at radius 1 is 1.38 bits per heavy atom. The average Bonchev–Trinajstić information content (AvgIpc) is 3.39. The van der Waals surface area contributed by atoms with E-state index in [0.717, 1.165) is 31.5 Å². The lowest BCUT2D eigenvalue weighted by Crippen LogP contribution is -2.30. The van der Waals surface area contributed by atoms with Crippen molar-refractivity contribution in [2.75, 3.05) is 32.2 Å². The molecule has 2 saturated carbocycles. The molecule has 2 fully saturated rings. The molecule has 21 heavy (non-hydrogen) atoms. The summed E-state index contributed by atoms with van der Waals surface area (Å²) in [7, 11) is 3.96. The highest BCUT2D eigenvalue weighted by Crippen LogP contribution is 2.45. The van der Waals surface area contributed by atoms with E-state index in [0.29, 0.717) is 6.04 Å². The van der Waals surface area contributed by atoms with Crippen LogP contribution in [0.3, 0.4) is 0 Å². The summed E-state index contributed by atoms with van der Waals surface area (Å²) >= 11 is 1.88. The Morgan fingerprint density at radius 2 is 2.14 bits per heavy atom. The third-order valence-electron chi connectivity index (χ3n) is 4.67. The maximum atomic E-state index is 5.10. The number of ether oxygens (including phenoxy) is 1. The molecule has 118 valence electrons. The molecule has 2 aliphatic rings. The standard InChI is InChI=1S/C16H27N3OS/c1-11(12-4-5-12)19(2)16-18-15(13-6-7-13)14(21-16)10-17-8-9-20-3/h11-13,17H,4-10H2,1-3H3. The number of rotatable bonds is 9. The Hall–Kier alpha value is -0.650. The number of thiazole rings is 1. The van der Waals surface area contributed by atoms with Gasteiger partial charge in [0.1, 0.15) is 0 Å². The van der Waals surface area contributed by atoms with Gasteiger partial charge < -0.3 is 15.0 Å². The fourth-order valence-corrected chi connectivity index (χ4v) is 3.91. The Kier molecular flexibility index (Phi) is 4.82. The molecule has 2 aliphatic carbocycles. The van der Waals surface area contributed by atoms with Crippen molar-refractivity contribution in [2.45, 2.75) is 51.1 Å². The van der Waals surface area contributed by atoms with Crippen LogP contribution in [0.1, 0.15) is 49.1 Å². The lowest BCUT2D eigenvalue weighted by atomic mass is 10.2. The van der Waals surface area contributed by atoms with Gasteiger partial charge in [0.15, 0.2) is 5.13 Å². The Morgan fingerprint density at radius 3 is 2.76 bits per heavy atom. The molecule has 1 aromatic rings. The van der Waals surface area contributed by atoms with Crippen LogP contribution in [0, 0.1) is 5.92 Å². The van der Waals surface area contributed by atoms with E-state index in [2.05, 4.69) is 24.2 Å². The molecule has 1 heterocycles. The van der Waals surface area contributed by atoms with Gasteiger partial charge in [-0.25, -0.2) is 4.98 Å². The summed E-state index contributed by atoms with van der Waals surface area (Å²) in [6.07, 6.45) is 5.40. The van der Waals surface area contributed by atoms with Gasteiger partial charge in [-0.3, -0.25) is 0 Å². The van der Waals surface area contributed by atoms with Gasteiger partial charge in [0, 0.05) is 44.1 Å². The van der Waals surface area contributed by atoms with Crippen LogP contribution in [0.25, 0.3) is 0 Å². The SMILES string of the molecule is COCCNCc1sc(N(C)C(C)C2CC2)nc1C1CC1. The molecule has 0 radical (unpaired) electrons. The molecule has 0 aliphatic heterocycles. The minimum atomic E-state index is 0.623. The first-order valence-electron chi connectivity index (χ1n) is 8.12. The fourth-order valence-electron chi connectivity index (χ4n) is 2.75. The highest BCUT2D eigenvalue weighted by molar-refractivity contribution is 7.15. The third-order valence-corrected chi connectivity index (χ3v) is 5.83. The van der Waals surface area contributed by atoms with Crippen molar-refractivity contribution in [3.63, 3.8) is 0 Å². The molecule has 0 amide bonds. The van der Waals surface area contributed by atoms with Crippen LogP contribution < -0.4 is 10.2 Å². The molecule has 5 heteroatoms. The summed E-state index contributed by atoms with van der Waals surface area (Å²) in [5, 5.41) is 4.68. The summed E-state index contributed by atoms with van der Waals surface area (Å²) < 4.78 is 5.10. The molecule has 0 spiro atoms. The zero-order valence-electron chi connectivity index (χ0n) is 13.4. The van der Waals surface area contributed by atoms with Crippen molar-refractivity contribution in [3.8, 4) is 0 Å². The van der Waals surface area contributed by atoms with E-state index in [4.69, 9.17) is 9.72 Å². The average molecular weight is 309 g/mol. The van der Waals surface area contributed by atoms with Crippen LogP contribution >= 0.6 is 11.3 Å². The molecule has 4 nitrogen and oxygen atoms in total. The molecule has 0 bridgehead atoms. The van der Waals surface area contributed by atoms with Gasteiger partial charge in [-0.05, 0) is 38.5 Å². The number of hydrogen-bond donors (Lipinski definition) is 1. The van der Waals surface area contributed by atoms with E-state index in [1.807, 2.05) is 11.3 Å². The van der Waals surface area contributed by atoms with E-state index in [1.54, 1.807) is 7.11 Å². The normalized spacial score (nSPS) is 19.8. The number of anilines is 1. The number of nitrogens with one attached hydrogen (secondary N) is 1. The lowest BCUT2D eigenvalue weighted by Gasteiger charge is -2.23. The largest absolute Gasteiger partial charge is 0.383 e. The van der Waals surface area contributed by atoms with Crippen molar-refractivity contribution >= 4 is 16.5 Å². The highest BCUT2D eigenvalue weighted by Gasteiger charge is 2.34. The Bertz CT molecular complexity index is 468. The first kappa shape index (κ1) is 15.3. The molecule has 0 saturated heterocycles. The highest BCUT2D eigenvalue weighted by atomic mass is 32.1. The van der Waals surface area contributed by atoms with Crippen molar-refractivity contribution in [1.29, 1.82) is 0 Å². The molecule has 1 unspecified atom stereocenters. The van der Waals surface area contributed by atoms with E-state index in [1.165, 1.54) is 41.4 Å². The smallest absolute Gasteiger partial charge is 0.185 e. The first-order chi connectivity index (χ1) is 10.2. The van der Waals surface area contributed by atoms with Crippen LogP contribution in [-0.2, 0) is 11.3 Å². The molecule has 1 aromatic heterocycles. The zero-order chi connectivity index (χ0) is 14.8. The maximum absolute atomic E-state index is 5.10. The predicted molar refractivity (Wildman–Crippen MR) is 88.3 cm³/mol. The Balaban J connectivity index is 1.66. The van der Waals surface area contributed by atoms with E-state index in [9.17, 15) is 0 Å². The van der Waals surface area contributed by atoms with Gasteiger partial charge >= 0.3 is 0 Å². The topological polar surface area (TPSA) is 37.4 Å². The quantitative estimate of drug-likeness (QED) is 0.712. The van der Waals surface area contributed by atoms with Gasteiger partial charge in [0.25, 0.3) is 0 Å². The Labute approximate surface area is 131 Å². The van der Waals surface area contributed by atoms with Gasteiger partial charge in [0.05, 0.1) is 12.3 Å². The second-order valence-electron chi connectivity index (χ2n) is 6.44. The molecule has 1 atom stereocenters. The minimum Gasteiger partial charge on any atom is -0.383 e. The van der Waals surface area contributed by atoms with Crippen LogP contribution in [-0.4, -0.2) is 38.3 Å². The second kappa shape index (κ2) is 6.63. The summed E-state index contributed by atoms with van der Waals surface area (Å²) in [6, 6.07) is 0.623. The first-order valence-corrected chi connectivity index (χ1v) is 8.94. The summed E-state index contributed by atoms with van der Waals surface area (Å²) in [5.41, 5.74) is 1.36. The molecule has 0 aromatic carbocycles. The van der Waals surface area contributed by atoms with Crippen LogP contribution in [0.4, 0.5) is 5.13 Å². The number of aromatic nitrogens is 1. The third kappa shape index (κ3) is 3.76. The lowest BCUT2D eigenvalue weighted by molar-refractivity contribution is 0.199. The second-order valence-corrected chi connectivity index (χ2v) is 7.50. The van der Waals surface area contributed by atoms with Crippen LogP contribution in [0.2, 0.25) is 0 Å². The monoisotopic (exact) mass is 309 g/mol. The van der Waals surface area contributed by atoms with E-state index < -0.39 is 0 Å². The molecular weight excluding hydrogens is 282 g/mol. The summed E-state index contributed by atoms with van der Waals surface area (Å²) in [5.74, 6) is 1.60. The number of nitrogens with zero attached hydrogens (tertiary/aromatic N) is 2. The summed E-state index contributed by atoms with van der Waals surface area (Å²) in [6.45, 7) is 4.94. The number of hydrogen-bond acceptors (Lipinski definition) is 5. The number of methoxy groups -OCH3 is 1. The molecule has 1 N–H and O–H groups in total. The zero-order valence-corrected chi connectivity index (χ0v) is 14.2. The predicted octanol–water partition coefficient (Wildman–Crippen LogP) is 2.99. The van der Waals surface area contributed by atoms with Crippen molar-refractivity contribution in [3.05, 3.63) is 10.6 Å². The van der Waals surface area contributed by atoms with Gasteiger partial charge in [0.2, 0.25) is 0 Å². The van der Waals surface area contributed by atoms with Crippen LogP contribution in [0.5, 0.6) is 0 Å². The van der Waals surface area contributed by atoms with E-state index >= 15 is 0 Å². The van der Waals surface area contributed by atoms with Crippen molar-refractivity contribution < 1.29 is 4.74 Å².